The van der Waals surface area contributed by atoms with Crippen LogP contribution in [0.4, 0.5) is 0 Å². The topological polar surface area (TPSA) is 97.0 Å². The average molecular weight is 324 g/mol. The van der Waals surface area contributed by atoms with Gasteiger partial charge in [-0.25, -0.2) is 8.42 Å². The first-order valence-corrected chi connectivity index (χ1v) is 7.79. The quantitative estimate of drug-likeness (QED) is 0.874. The summed E-state index contributed by atoms with van der Waals surface area (Å²) in [6.45, 7) is 2.13. The smallest absolute Gasteiger partial charge is 0.322 e. The summed E-state index contributed by atoms with van der Waals surface area (Å²) >= 11 is 5.68. The van der Waals surface area contributed by atoms with Crippen LogP contribution < -0.4 is 0 Å². The largest absolute Gasteiger partial charge is 0.480 e. The molecule has 112 valence electrons. The van der Waals surface area contributed by atoms with E-state index in [9.17, 15) is 18.3 Å². The fourth-order valence-corrected chi connectivity index (χ4v) is 4.22. The first kappa shape index (κ1) is 15.3. The Morgan fingerprint density at radius 3 is 2.85 bits per heavy atom. The minimum absolute atomic E-state index is 0.0192. The number of aliphatic carboxylic acids is 1. The van der Waals surface area contributed by atoms with Gasteiger partial charge in [-0.05, 0) is 24.6 Å². The third-order valence-corrected chi connectivity index (χ3v) is 5.38. The summed E-state index contributed by atoms with van der Waals surface area (Å²) in [4.78, 5) is 11.0. The highest BCUT2D eigenvalue weighted by molar-refractivity contribution is 7.89. The van der Waals surface area contributed by atoms with Crippen LogP contribution in [-0.4, -0.2) is 49.1 Å². The predicted molar refractivity (Wildman–Crippen MR) is 69.1 cm³/mol. The lowest BCUT2D eigenvalue weighted by Crippen LogP contribution is -2.40. The molecule has 9 heteroatoms. The standard InChI is InChI=1S/C11H14ClNO6S/c1-2-18-7-5-8(11(14)15)13(6-7)20(16,17)9-3-4-19-10(9)12/h3-4,7-8H,2,5-6H2,1H3,(H,14,15)/t7-,8+/m1/s1. The highest BCUT2D eigenvalue weighted by Crippen LogP contribution is 2.31. The minimum atomic E-state index is -4.02. The molecule has 0 unspecified atom stereocenters. The number of ether oxygens (including phenoxy) is 1. The van der Waals surface area contributed by atoms with Crippen molar-refractivity contribution in [1.82, 2.24) is 4.31 Å². The van der Waals surface area contributed by atoms with Crippen molar-refractivity contribution in [3.05, 3.63) is 17.5 Å². The Bertz CT molecular complexity index is 598. The van der Waals surface area contributed by atoms with Gasteiger partial charge in [-0.1, -0.05) is 0 Å². The minimum Gasteiger partial charge on any atom is -0.480 e. The normalized spacial score (nSPS) is 24.1. The molecule has 0 bridgehead atoms. The summed E-state index contributed by atoms with van der Waals surface area (Å²) in [6.07, 6.45) is 0.806. The lowest BCUT2D eigenvalue weighted by molar-refractivity contribution is -0.140. The van der Waals surface area contributed by atoms with Crippen LogP contribution in [0.15, 0.2) is 21.6 Å². The van der Waals surface area contributed by atoms with E-state index in [0.717, 1.165) is 10.6 Å². The first-order valence-electron chi connectivity index (χ1n) is 5.97. The molecule has 7 nitrogen and oxygen atoms in total. The van der Waals surface area contributed by atoms with Crippen molar-refractivity contribution in [2.24, 2.45) is 0 Å². The fraction of sp³-hybridized carbons (Fsp3) is 0.545. The molecule has 1 N–H and O–H groups in total. The van der Waals surface area contributed by atoms with Gasteiger partial charge in [0.05, 0.1) is 12.4 Å². The van der Waals surface area contributed by atoms with Crippen molar-refractivity contribution in [1.29, 1.82) is 0 Å². The number of hydrogen-bond donors (Lipinski definition) is 1. The highest BCUT2D eigenvalue weighted by atomic mass is 35.5. The van der Waals surface area contributed by atoms with E-state index in [2.05, 4.69) is 0 Å². The third kappa shape index (κ3) is 2.69. The number of carboxylic acid groups (broad SMARTS) is 1. The van der Waals surface area contributed by atoms with Crippen molar-refractivity contribution >= 4 is 27.6 Å². The summed E-state index contributed by atoms with van der Waals surface area (Å²) in [5.74, 6) is -1.21. The zero-order valence-electron chi connectivity index (χ0n) is 10.7. The molecule has 0 aliphatic carbocycles. The molecule has 1 aliphatic rings. The molecule has 0 aromatic carbocycles. The maximum Gasteiger partial charge on any atom is 0.322 e. The molecule has 1 fully saturated rings. The van der Waals surface area contributed by atoms with Gasteiger partial charge in [0.2, 0.25) is 15.2 Å². The second-order valence-corrected chi connectivity index (χ2v) is 6.50. The van der Waals surface area contributed by atoms with Gasteiger partial charge in [0, 0.05) is 19.6 Å². The number of hydrogen-bond acceptors (Lipinski definition) is 5. The van der Waals surface area contributed by atoms with Crippen LogP contribution >= 0.6 is 11.6 Å². The number of carbonyl (C=O) groups is 1. The molecule has 0 amide bonds. The van der Waals surface area contributed by atoms with E-state index >= 15 is 0 Å². The summed E-state index contributed by atoms with van der Waals surface area (Å²) in [6, 6.07) is 0.0347. The van der Waals surface area contributed by atoms with Crippen LogP contribution in [0.5, 0.6) is 0 Å². The maximum absolute atomic E-state index is 12.4. The number of halogens is 1. The summed E-state index contributed by atoms with van der Waals surface area (Å²) in [7, 11) is -4.02. The van der Waals surface area contributed by atoms with E-state index in [-0.39, 0.29) is 23.1 Å². The lowest BCUT2D eigenvalue weighted by atomic mass is 10.2. The molecule has 2 atom stereocenters. The van der Waals surface area contributed by atoms with E-state index in [1.807, 2.05) is 0 Å². The summed E-state index contributed by atoms with van der Waals surface area (Å²) in [5.41, 5.74) is 0. The summed E-state index contributed by atoms with van der Waals surface area (Å²) in [5, 5.41) is 8.90. The molecule has 1 aromatic rings. The molecule has 1 aliphatic heterocycles. The van der Waals surface area contributed by atoms with Crippen LogP contribution in [0, 0.1) is 0 Å². The van der Waals surface area contributed by atoms with E-state index in [1.165, 1.54) is 6.07 Å². The van der Waals surface area contributed by atoms with Crippen LogP contribution in [0.2, 0.25) is 5.22 Å². The van der Waals surface area contributed by atoms with Gasteiger partial charge in [-0.3, -0.25) is 4.79 Å². The van der Waals surface area contributed by atoms with E-state index in [1.54, 1.807) is 6.92 Å². The Hall–Kier alpha value is -1.09. The molecular formula is C11H14ClNO6S. The van der Waals surface area contributed by atoms with E-state index in [4.69, 9.17) is 20.8 Å². The second-order valence-electron chi connectivity index (χ2n) is 4.30. The highest BCUT2D eigenvalue weighted by Gasteiger charge is 2.45. The molecule has 0 spiro atoms. The second kappa shape index (κ2) is 5.72. The lowest BCUT2D eigenvalue weighted by Gasteiger charge is -2.19. The zero-order chi connectivity index (χ0) is 14.9. The van der Waals surface area contributed by atoms with Crippen LogP contribution in [-0.2, 0) is 19.6 Å². The molecule has 0 saturated carbocycles. The number of rotatable bonds is 5. The average Bonchev–Trinajstić information content (AvgIpc) is 2.96. The number of carboxylic acids is 1. The Labute approximate surface area is 121 Å². The van der Waals surface area contributed by atoms with Crippen molar-refractivity contribution in [2.45, 2.75) is 30.4 Å². The monoisotopic (exact) mass is 323 g/mol. The first-order chi connectivity index (χ1) is 9.37. The van der Waals surface area contributed by atoms with Gasteiger partial charge in [-0.2, -0.15) is 4.31 Å². The maximum atomic E-state index is 12.4. The number of nitrogens with zero attached hydrogens (tertiary/aromatic N) is 1. The van der Waals surface area contributed by atoms with Gasteiger partial charge in [0.25, 0.3) is 0 Å². The Morgan fingerprint density at radius 2 is 2.35 bits per heavy atom. The Morgan fingerprint density at radius 1 is 1.65 bits per heavy atom. The Balaban J connectivity index is 2.34. The van der Waals surface area contributed by atoms with E-state index < -0.39 is 28.1 Å². The van der Waals surface area contributed by atoms with Crippen LogP contribution in [0.3, 0.4) is 0 Å². The van der Waals surface area contributed by atoms with Crippen LogP contribution in [0.25, 0.3) is 0 Å². The summed E-state index contributed by atoms with van der Waals surface area (Å²) < 4.78 is 35.9. The van der Waals surface area contributed by atoms with Gasteiger partial charge < -0.3 is 14.3 Å². The van der Waals surface area contributed by atoms with Crippen molar-refractivity contribution in [3.8, 4) is 0 Å². The van der Waals surface area contributed by atoms with Gasteiger partial charge >= 0.3 is 5.97 Å². The van der Waals surface area contributed by atoms with Gasteiger partial charge in [0.1, 0.15) is 10.9 Å². The Kier molecular flexibility index (Phi) is 4.38. The van der Waals surface area contributed by atoms with Crippen LogP contribution in [0.1, 0.15) is 13.3 Å². The molecule has 0 radical (unpaired) electrons. The van der Waals surface area contributed by atoms with E-state index in [0.29, 0.717) is 6.61 Å². The molecule has 2 rings (SSSR count). The molecule has 20 heavy (non-hydrogen) atoms. The third-order valence-electron chi connectivity index (χ3n) is 3.08. The predicted octanol–water partition coefficient (Wildman–Crippen LogP) is 1.19. The zero-order valence-corrected chi connectivity index (χ0v) is 12.2. The van der Waals surface area contributed by atoms with Gasteiger partial charge in [-0.15, -0.1) is 0 Å². The number of sulfonamides is 1. The van der Waals surface area contributed by atoms with Gasteiger partial charge in [0.15, 0.2) is 0 Å². The SMILES string of the molecule is CCO[C@@H]1C[C@@H](C(=O)O)N(S(=O)(=O)c2ccoc2Cl)C1. The van der Waals surface area contributed by atoms with Crippen molar-refractivity contribution in [2.75, 3.05) is 13.2 Å². The van der Waals surface area contributed by atoms with Crippen molar-refractivity contribution < 1.29 is 27.5 Å². The van der Waals surface area contributed by atoms with Crippen molar-refractivity contribution in [3.63, 3.8) is 0 Å². The fourth-order valence-electron chi connectivity index (χ4n) is 2.21. The number of furan rings is 1. The molecule has 1 saturated heterocycles. The molecule has 2 heterocycles. The molecular weight excluding hydrogens is 310 g/mol. The molecule has 1 aromatic heterocycles.